The van der Waals surface area contributed by atoms with Crippen LogP contribution in [0.3, 0.4) is 0 Å². The Balaban J connectivity index is 1.92. The predicted octanol–water partition coefficient (Wildman–Crippen LogP) is 2.94. The van der Waals surface area contributed by atoms with Gasteiger partial charge in [0.1, 0.15) is 11.6 Å². The highest BCUT2D eigenvalue weighted by atomic mass is 32.1. The lowest BCUT2D eigenvalue weighted by molar-refractivity contribution is 0.406. The molecule has 1 aliphatic heterocycles. The number of hydrogen-bond donors (Lipinski definition) is 3. The molecule has 0 spiro atoms. The minimum Gasteiger partial charge on any atom is -0.496 e. The Morgan fingerprint density at radius 2 is 2.04 bits per heavy atom. The Bertz CT molecular complexity index is 821. The van der Waals surface area contributed by atoms with Crippen LogP contribution in [0.4, 0.5) is 11.5 Å². The first kappa shape index (κ1) is 15.2. The molecule has 0 saturated heterocycles. The summed E-state index contributed by atoms with van der Waals surface area (Å²) in [6.45, 7) is 0. The van der Waals surface area contributed by atoms with Crippen molar-refractivity contribution in [3.05, 3.63) is 46.6 Å². The van der Waals surface area contributed by atoms with Crippen molar-refractivity contribution in [3.8, 4) is 5.75 Å². The topological polar surface area (TPSA) is 72.2 Å². The van der Waals surface area contributed by atoms with Crippen LogP contribution in [0.2, 0.25) is 0 Å². The molecule has 124 valence electrons. The molecule has 6 heteroatoms. The lowest BCUT2D eigenvalue weighted by Gasteiger charge is -2.33. The molecule has 1 aromatic heterocycles. The van der Waals surface area contributed by atoms with Crippen molar-refractivity contribution >= 4 is 28.8 Å². The van der Waals surface area contributed by atoms with Gasteiger partial charge in [-0.05, 0) is 49.5 Å². The smallest absolute Gasteiger partial charge is 0.172 e. The largest absolute Gasteiger partial charge is 0.496 e. The molecular formula is C18H20N4OS. The fraction of sp³-hybridized carbons (Fsp3) is 0.333. The standard InChI is InChI=1S/C18H20N4OS/c1-23-13-9-5-3-7-11(13)16-14-15(19)10-6-2-4-8-12(10)20-17(14)22-18(24)21-16/h3,5,7,9,16H,2,4,6,8H2,1H3,(H4,19,20,21,22,24). The van der Waals surface area contributed by atoms with Gasteiger partial charge in [-0.25, -0.2) is 4.98 Å². The number of hydrogen-bond acceptors (Lipinski definition) is 4. The molecule has 0 radical (unpaired) electrons. The number of nitrogens with zero attached hydrogens (tertiary/aromatic N) is 1. The Hall–Kier alpha value is -2.34. The van der Waals surface area contributed by atoms with Crippen LogP contribution in [0.25, 0.3) is 0 Å². The number of ether oxygens (including phenoxy) is 1. The van der Waals surface area contributed by atoms with E-state index in [0.717, 1.165) is 59.8 Å². The Labute approximate surface area is 146 Å². The normalized spacial score (nSPS) is 18.9. The Morgan fingerprint density at radius 1 is 1.25 bits per heavy atom. The number of pyridine rings is 1. The molecule has 0 amide bonds. The number of para-hydroxylation sites is 1. The van der Waals surface area contributed by atoms with Gasteiger partial charge in [-0.15, -0.1) is 0 Å². The van der Waals surface area contributed by atoms with Crippen LogP contribution >= 0.6 is 12.2 Å². The first-order chi connectivity index (χ1) is 11.7. The summed E-state index contributed by atoms with van der Waals surface area (Å²) in [6.07, 6.45) is 4.30. The summed E-state index contributed by atoms with van der Waals surface area (Å²) < 4.78 is 5.54. The quantitative estimate of drug-likeness (QED) is 0.730. The van der Waals surface area contributed by atoms with Crippen LogP contribution in [0.1, 0.15) is 41.3 Å². The lowest BCUT2D eigenvalue weighted by atomic mass is 9.88. The zero-order valence-corrected chi connectivity index (χ0v) is 14.4. The van der Waals surface area contributed by atoms with E-state index in [-0.39, 0.29) is 6.04 Å². The zero-order valence-electron chi connectivity index (χ0n) is 13.6. The highest BCUT2D eigenvalue weighted by molar-refractivity contribution is 7.80. The van der Waals surface area contributed by atoms with Crippen LogP contribution < -0.4 is 21.1 Å². The van der Waals surface area contributed by atoms with Gasteiger partial charge in [-0.3, -0.25) is 0 Å². The number of methoxy groups -OCH3 is 1. The van der Waals surface area contributed by atoms with E-state index in [0.29, 0.717) is 5.11 Å². The van der Waals surface area contributed by atoms with Gasteiger partial charge in [0, 0.05) is 22.5 Å². The van der Waals surface area contributed by atoms with E-state index in [1.807, 2.05) is 24.3 Å². The summed E-state index contributed by atoms with van der Waals surface area (Å²) in [7, 11) is 1.67. The van der Waals surface area contributed by atoms with E-state index in [1.54, 1.807) is 7.11 Å². The maximum Gasteiger partial charge on any atom is 0.172 e. The number of aromatic nitrogens is 1. The summed E-state index contributed by atoms with van der Waals surface area (Å²) in [5.41, 5.74) is 11.7. The van der Waals surface area contributed by atoms with Gasteiger partial charge in [0.25, 0.3) is 0 Å². The highest BCUT2D eigenvalue weighted by Crippen LogP contribution is 2.41. The average Bonchev–Trinajstić information content (AvgIpc) is 2.61. The van der Waals surface area contributed by atoms with Crippen molar-refractivity contribution in [2.45, 2.75) is 31.7 Å². The number of nitrogens with two attached hydrogens (primary N) is 1. The molecule has 1 aliphatic carbocycles. The van der Waals surface area contributed by atoms with E-state index in [2.05, 4.69) is 10.6 Å². The summed E-state index contributed by atoms with van der Waals surface area (Å²) >= 11 is 5.39. The first-order valence-corrected chi connectivity index (χ1v) is 8.61. The molecule has 4 rings (SSSR count). The fourth-order valence-corrected chi connectivity index (χ4v) is 3.88. The van der Waals surface area contributed by atoms with Gasteiger partial charge in [-0.2, -0.15) is 0 Å². The summed E-state index contributed by atoms with van der Waals surface area (Å²) in [4.78, 5) is 4.84. The molecule has 2 aromatic rings. The number of anilines is 2. The molecule has 0 bridgehead atoms. The molecule has 2 aliphatic rings. The number of aryl methyl sites for hydroxylation is 1. The van der Waals surface area contributed by atoms with Crippen molar-refractivity contribution in [1.29, 1.82) is 0 Å². The van der Waals surface area contributed by atoms with Gasteiger partial charge in [-0.1, -0.05) is 18.2 Å². The maximum absolute atomic E-state index is 6.59. The average molecular weight is 340 g/mol. The van der Waals surface area contributed by atoms with Crippen LogP contribution in [0.5, 0.6) is 5.75 Å². The second kappa shape index (κ2) is 5.94. The van der Waals surface area contributed by atoms with E-state index in [4.69, 9.17) is 27.7 Å². The third kappa shape index (κ3) is 2.38. The van der Waals surface area contributed by atoms with Crippen LogP contribution in [0, 0.1) is 0 Å². The maximum atomic E-state index is 6.59. The highest BCUT2D eigenvalue weighted by Gasteiger charge is 2.32. The predicted molar refractivity (Wildman–Crippen MR) is 99.5 cm³/mol. The van der Waals surface area contributed by atoms with Crippen molar-refractivity contribution < 1.29 is 4.74 Å². The molecule has 1 aromatic carbocycles. The third-order valence-electron chi connectivity index (χ3n) is 4.80. The van der Waals surface area contributed by atoms with Crippen molar-refractivity contribution in [3.63, 3.8) is 0 Å². The zero-order chi connectivity index (χ0) is 16.7. The van der Waals surface area contributed by atoms with Gasteiger partial charge in [0.05, 0.1) is 13.2 Å². The number of rotatable bonds is 2. The monoisotopic (exact) mass is 340 g/mol. The molecule has 1 atom stereocenters. The van der Waals surface area contributed by atoms with Gasteiger partial charge in [0.15, 0.2) is 5.11 Å². The van der Waals surface area contributed by atoms with Crippen LogP contribution in [-0.2, 0) is 12.8 Å². The van der Waals surface area contributed by atoms with Crippen molar-refractivity contribution in [2.75, 3.05) is 18.2 Å². The van der Waals surface area contributed by atoms with Crippen molar-refractivity contribution in [1.82, 2.24) is 10.3 Å². The number of nitrogen functional groups attached to an aromatic ring is 1. The number of benzene rings is 1. The van der Waals surface area contributed by atoms with Crippen molar-refractivity contribution in [2.24, 2.45) is 0 Å². The molecule has 1 unspecified atom stereocenters. The number of thiocarbonyl (C=S) groups is 1. The second-order valence-electron chi connectivity index (χ2n) is 6.19. The van der Waals surface area contributed by atoms with Gasteiger partial charge in [0.2, 0.25) is 0 Å². The molecule has 4 N–H and O–H groups in total. The minimum atomic E-state index is -0.162. The third-order valence-corrected chi connectivity index (χ3v) is 5.02. The van der Waals surface area contributed by atoms with Crippen LogP contribution in [0.15, 0.2) is 24.3 Å². The second-order valence-corrected chi connectivity index (χ2v) is 6.60. The minimum absolute atomic E-state index is 0.162. The first-order valence-electron chi connectivity index (χ1n) is 8.20. The van der Waals surface area contributed by atoms with E-state index in [1.165, 1.54) is 5.56 Å². The van der Waals surface area contributed by atoms with E-state index < -0.39 is 0 Å². The summed E-state index contributed by atoms with van der Waals surface area (Å²) in [6, 6.07) is 7.77. The Kier molecular flexibility index (Phi) is 3.76. The molecule has 24 heavy (non-hydrogen) atoms. The summed E-state index contributed by atoms with van der Waals surface area (Å²) in [5, 5.41) is 7.06. The Morgan fingerprint density at radius 3 is 2.88 bits per heavy atom. The van der Waals surface area contributed by atoms with Gasteiger partial charge >= 0.3 is 0 Å². The SMILES string of the molecule is COc1ccccc1C1NC(=S)Nc2nc3c(c(N)c21)CCCC3. The molecule has 2 heterocycles. The number of nitrogens with one attached hydrogen (secondary N) is 2. The van der Waals surface area contributed by atoms with E-state index in [9.17, 15) is 0 Å². The summed E-state index contributed by atoms with van der Waals surface area (Å²) in [5.74, 6) is 1.58. The fourth-order valence-electron chi connectivity index (χ4n) is 3.66. The molecule has 0 fully saturated rings. The molecule has 0 saturated carbocycles. The molecule has 5 nitrogen and oxygen atoms in total. The lowest BCUT2D eigenvalue weighted by Crippen LogP contribution is -2.39. The van der Waals surface area contributed by atoms with E-state index >= 15 is 0 Å². The number of fused-ring (bicyclic) bond motifs is 2. The molecular weight excluding hydrogens is 320 g/mol. The van der Waals surface area contributed by atoms with Gasteiger partial charge < -0.3 is 21.1 Å². The van der Waals surface area contributed by atoms with Crippen LogP contribution in [-0.4, -0.2) is 17.2 Å².